The maximum absolute atomic E-state index is 14.0. The predicted molar refractivity (Wildman–Crippen MR) is 168 cm³/mol. The van der Waals surface area contributed by atoms with Crippen molar-refractivity contribution in [3.05, 3.63) is 57.8 Å². The van der Waals surface area contributed by atoms with Gasteiger partial charge in [-0.1, -0.05) is 23.4 Å². The summed E-state index contributed by atoms with van der Waals surface area (Å²) in [5, 5.41) is 16.0. The number of rotatable bonds is 4. The molecule has 2 fully saturated rings. The first kappa shape index (κ1) is 30.4. The van der Waals surface area contributed by atoms with Crippen LogP contribution in [0.4, 0.5) is 0 Å². The first-order chi connectivity index (χ1) is 21.2. The van der Waals surface area contributed by atoms with Crippen LogP contribution in [0.3, 0.4) is 0 Å². The quantitative estimate of drug-likeness (QED) is 0.461. The Bertz CT molecular complexity index is 1490. The van der Waals surface area contributed by atoms with Gasteiger partial charge in [0.1, 0.15) is 6.04 Å². The molecule has 2 N–H and O–H groups in total. The van der Waals surface area contributed by atoms with E-state index in [1.165, 1.54) is 0 Å². The van der Waals surface area contributed by atoms with E-state index in [9.17, 15) is 14.4 Å². The summed E-state index contributed by atoms with van der Waals surface area (Å²) in [6, 6.07) is 9.27. The fourth-order valence-electron chi connectivity index (χ4n) is 6.72. The Hall–Kier alpha value is -3.64. The minimum absolute atomic E-state index is 0.106. The highest BCUT2D eigenvalue weighted by atomic mass is 32.1. The van der Waals surface area contributed by atoms with E-state index in [0.717, 1.165) is 47.2 Å². The highest BCUT2D eigenvalue weighted by Gasteiger charge is 2.40. The third kappa shape index (κ3) is 6.71. The molecule has 0 saturated carbocycles. The zero-order valence-electron chi connectivity index (χ0n) is 25.8. The second-order valence-corrected chi connectivity index (χ2v) is 14.0. The van der Waals surface area contributed by atoms with Crippen LogP contribution in [0, 0.1) is 6.92 Å². The van der Waals surface area contributed by atoms with E-state index < -0.39 is 11.6 Å². The van der Waals surface area contributed by atoms with Crippen LogP contribution < -0.4 is 10.6 Å². The van der Waals surface area contributed by atoms with E-state index in [2.05, 4.69) is 39.7 Å². The number of fused-ring (bicyclic) bond motifs is 8. The van der Waals surface area contributed by atoms with Crippen LogP contribution in [0.15, 0.2) is 36.5 Å². The topological polar surface area (TPSA) is 125 Å². The van der Waals surface area contributed by atoms with Crippen LogP contribution in [0.2, 0.25) is 0 Å². The third-order valence-corrected chi connectivity index (χ3v) is 10.6. The number of hydrogen-bond donors (Lipinski definition) is 2. The van der Waals surface area contributed by atoms with Gasteiger partial charge in [0, 0.05) is 55.9 Å². The number of aryl methyl sites for hydroxylation is 1. The molecule has 6 heterocycles. The van der Waals surface area contributed by atoms with Gasteiger partial charge in [-0.05, 0) is 58.6 Å². The maximum atomic E-state index is 14.0. The predicted octanol–water partition coefficient (Wildman–Crippen LogP) is 2.77. The SMILES string of the molecule is Cc1sc2nc1CC(=O)NC1(CCN(C(C)C)CC1)CC(=O)N[C@H](Cc1cn(-c3ccccc3)nn1)C(=O)N1CCC2CC1. The summed E-state index contributed by atoms with van der Waals surface area (Å²) in [4.78, 5) is 51.5. The van der Waals surface area contributed by atoms with Crippen molar-refractivity contribution in [2.45, 2.75) is 89.3 Å². The first-order valence-corrected chi connectivity index (χ1v) is 16.6. The number of thiazole rings is 1. The van der Waals surface area contributed by atoms with Crippen molar-refractivity contribution in [1.29, 1.82) is 0 Å². The monoisotopic (exact) mass is 618 g/mol. The van der Waals surface area contributed by atoms with Crippen molar-refractivity contribution in [3.8, 4) is 5.69 Å². The summed E-state index contributed by atoms with van der Waals surface area (Å²) >= 11 is 1.66. The van der Waals surface area contributed by atoms with E-state index in [4.69, 9.17) is 4.98 Å². The van der Waals surface area contributed by atoms with Gasteiger partial charge >= 0.3 is 0 Å². The Labute approximate surface area is 262 Å². The molecule has 1 atom stereocenters. The normalized spacial score (nSPS) is 22.0. The van der Waals surface area contributed by atoms with Crippen LogP contribution in [0.1, 0.15) is 73.1 Å². The number of carbonyl (C=O) groups excluding carboxylic acids is 3. The van der Waals surface area contributed by atoms with Crippen molar-refractivity contribution in [2.75, 3.05) is 26.2 Å². The van der Waals surface area contributed by atoms with E-state index in [0.29, 0.717) is 37.7 Å². The molecule has 234 valence electrons. The summed E-state index contributed by atoms with van der Waals surface area (Å²) in [7, 11) is 0. The Morgan fingerprint density at radius 1 is 1.02 bits per heavy atom. The number of hydrogen-bond acceptors (Lipinski definition) is 8. The number of piperidine rings is 2. The Balaban J connectivity index is 1.28. The number of amides is 3. The molecule has 1 aromatic carbocycles. The minimum atomic E-state index is -0.787. The number of nitrogens with zero attached hydrogens (tertiary/aromatic N) is 6. The Morgan fingerprint density at radius 2 is 1.75 bits per heavy atom. The molecule has 2 saturated heterocycles. The first-order valence-electron chi connectivity index (χ1n) is 15.7. The van der Waals surface area contributed by atoms with E-state index in [1.54, 1.807) is 16.0 Å². The van der Waals surface area contributed by atoms with Crippen LogP contribution in [-0.4, -0.2) is 91.3 Å². The fraction of sp³-hybridized carbons (Fsp3) is 0.562. The van der Waals surface area contributed by atoms with Crippen molar-refractivity contribution in [3.63, 3.8) is 0 Å². The molecule has 0 unspecified atom stereocenters. The van der Waals surface area contributed by atoms with Gasteiger partial charge < -0.3 is 20.4 Å². The van der Waals surface area contributed by atoms with Crippen molar-refractivity contribution < 1.29 is 14.4 Å². The summed E-state index contributed by atoms with van der Waals surface area (Å²) in [5.74, 6) is -0.214. The lowest BCUT2D eigenvalue weighted by molar-refractivity contribution is -0.138. The van der Waals surface area contributed by atoms with Gasteiger partial charge in [-0.3, -0.25) is 14.4 Å². The van der Waals surface area contributed by atoms with Gasteiger partial charge in [-0.2, -0.15) is 0 Å². The second-order valence-electron chi connectivity index (χ2n) is 12.8. The highest BCUT2D eigenvalue weighted by Crippen LogP contribution is 2.34. The third-order valence-electron chi connectivity index (χ3n) is 9.39. The molecule has 1 spiro atoms. The fourth-order valence-corrected chi connectivity index (χ4v) is 7.83. The average molecular weight is 619 g/mol. The summed E-state index contributed by atoms with van der Waals surface area (Å²) < 4.78 is 1.68. The van der Waals surface area contributed by atoms with Gasteiger partial charge in [0.2, 0.25) is 17.7 Å². The molecule has 3 amide bonds. The summed E-state index contributed by atoms with van der Waals surface area (Å²) in [6.45, 7) is 9.11. The molecule has 3 aromatic rings. The van der Waals surface area contributed by atoms with Gasteiger partial charge in [0.05, 0.1) is 40.2 Å². The summed E-state index contributed by atoms with van der Waals surface area (Å²) in [6.07, 6.45) is 5.26. The van der Waals surface area contributed by atoms with Gasteiger partial charge in [0.15, 0.2) is 0 Å². The number of benzene rings is 1. The van der Waals surface area contributed by atoms with Crippen molar-refractivity contribution in [2.24, 2.45) is 0 Å². The molecular formula is C32H42N8O3S. The van der Waals surface area contributed by atoms with E-state index in [-0.39, 0.29) is 42.9 Å². The summed E-state index contributed by atoms with van der Waals surface area (Å²) in [5.41, 5.74) is 1.61. The molecule has 4 aliphatic heterocycles. The zero-order chi connectivity index (χ0) is 30.8. The lowest BCUT2D eigenvalue weighted by Gasteiger charge is -2.43. The van der Waals surface area contributed by atoms with Crippen LogP contribution >= 0.6 is 11.3 Å². The molecule has 11 nitrogen and oxygen atoms in total. The smallest absolute Gasteiger partial charge is 0.245 e. The van der Waals surface area contributed by atoms with E-state index in [1.807, 2.05) is 48.4 Å². The van der Waals surface area contributed by atoms with E-state index >= 15 is 0 Å². The Kier molecular flexibility index (Phi) is 8.82. The molecule has 4 aliphatic rings. The maximum Gasteiger partial charge on any atom is 0.245 e. The Morgan fingerprint density at radius 3 is 2.45 bits per heavy atom. The number of likely N-dealkylation sites (tertiary alicyclic amines) is 1. The molecule has 0 radical (unpaired) electrons. The largest absolute Gasteiger partial charge is 0.350 e. The standard InChI is InChI=1S/C32H42N8O3S/c1-21(2)38-15-11-32(12-16-38)19-29(42)33-27(17-24-20-40(37-36-24)25-7-5-4-6-8-25)31(43)39-13-9-23(10-14-39)30-34-26(22(3)44-30)18-28(41)35-32/h4-8,20-21,23,27H,9-19H2,1-3H3,(H,33,42)(H,35,41)/t27-/m1/s1. The average Bonchev–Trinajstić information content (AvgIpc) is 3.63. The number of aromatic nitrogens is 4. The zero-order valence-corrected chi connectivity index (χ0v) is 26.6. The molecule has 12 heteroatoms. The number of carbonyl (C=O) groups is 3. The lowest BCUT2D eigenvalue weighted by atomic mass is 9.83. The van der Waals surface area contributed by atoms with Crippen LogP contribution in [0.5, 0.6) is 0 Å². The molecule has 0 aliphatic carbocycles. The van der Waals surface area contributed by atoms with Crippen LogP contribution in [0.25, 0.3) is 5.69 Å². The highest BCUT2D eigenvalue weighted by molar-refractivity contribution is 7.11. The van der Waals surface area contributed by atoms with Crippen molar-refractivity contribution in [1.82, 2.24) is 40.4 Å². The van der Waals surface area contributed by atoms with Gasteiger partial charge in [0.25, 0.3) is 0 Å². The van der Waals surface area contributed by atoms with Gasteiger partial charge in [-0.25, -0.2) is 9.67 Å². The van der Waals surface area contributed by atoms with Crippen molar-refractivity contribution >= 4 is 29.1 Å². The number of para-hydroxylation sites is 1. The number of nitrogens with one attached hydrogen (secondary N) is 2. The molecular weight excluding hydrogens is 576 g/mol. The van der Waals surface area contributed by atoms with Crippen LogP contribution in [-0.2, 0) is 27.2 Å². The molecule has 4 bridgehead atoms. The second kappa shape index (κ2) is 12.8. The minimum Gasteiger partial charge on any atom is -0.350 e. The molecule has 2 aromatic heterocycles. The lowest BCUT2D eigenvalue weighted by Crippen LogP contribution is -2.59. The molecule has 7 rings (SSSR count). The van der Waals surface area contributed by atoms with Gasteiger partial charge in [-0.15, -0.1) is 16.4 Å². The molecule has 44 heavy (non-hydrogen) atoms.